The zero-order chi connectivity index (χ0) is 19.1. The van der Waals surface area contributed by atoms with Gasteiger partial charge in [-0.1, -0.05) is 41.9 Å². The van der Waals surface area contributed by atoms with Crippen molar-refractivity contribution in [3.05, 3.63) is 65.2 Å². The molecule has 0 saturated carbocycles. The third kappa shape index (κ3) is 5.62. The second-order valence-corrected chi connectivity index (χ2v) is 6.81. The van der Waals surface area contributed by atoms with Crippen molar-refractivity contribution in [1.29, 1.82) is 0 Å². The molecule has 0 unspecified atom stereocenters. The average molecular weight is 387 g/mol. The van der Waals surface area contributed by atoms with Gasteiger partial charge in [0.2, 0.25) is 5.91 Å². The molecule has 1 saturated heterocycles. The Hall–Kier alpha value is -2.73. The van der Waals surface area contributed by atoms with Crippen LogP contribution in [0.2, 0.25) is 5.02 Å². The molecule has 2 aromatic carbocycles. The highest BCUT2D eigenvalue weighted by Crippen LogP contribution is 2.15. The van der Waals surface area contributed by atoms with Gasteiger partial charge in [-0.2, -0.15) is 0 Å². The molecule has 7 heteroatoms. The summed E-state index contributed by atoms with van der Waals surface area (Å²) >= 11 is 5.83. The monoisotopic (exact) mass is 386 g/mol. The molecule has 0 atom stereocenters. The van der Waals surface area contributed by atoms with Crippen molar-refractivity contribution in [2.24, 2.45) is 0 Å². The van der Waals surface area contributed by atoms with E-state index >= 15 is 0 Å². The number of nitrogens with zero attached hydrogens (tertiary/aromatic N) is 2. The van der Waals surface area contributed by atoms with E-state index in [9.17, 15) is 9.59 Å². The fourth-order valence-corrected chi connectivity index (χ4v) is 3.07. The highest BCUT2D eigenvalue weighted by Gasteiger charge is 2.21. The molecule has 2 N–H and O–H groups in total. The van der Waals surface area contributed by atoms with Gasteiger partial charge in [-0.25, -0.2) is 4.79 Å². The number of carbonyl (C=O) groups excluding carboxylic acids is 2. The molecule has 1 aliphatic heterocycles. The van der Waals surface area contributed by atoms with Gasteiger partial charge in [0.15, 0.2) is 0 Å². The molecule has 1 fully saturated rings. The Morgan fingerprint density at radius 2 is 1.56 bits per heavy atom. The van der Waals surface area contributed by atoms with Crippen molar-refractivity contribution in [3.63, 3.8) is 0 Å². The Kier molecular flexibility index (Phi) is 6.54. The quantitative estimate of drug-likeness (QED) is 0.829. The number of hydrogen-bond acceptors (Lipinski definition) is 3. The Balaban J connectivity index is 1.37. The van der Waals surface area contributed by atoms with Crippen LogP contribution in [0.5, 0.6) is 0 Å². The van der Waals surface area contributed by atoms with Crippen molar-refractivity contribution in [2.75, 3.05) is 37.6 Å². The third-order valence-electron chi connectivity index (χ3n) is 4.49. The SMILES string of the molecule is O=C(CNC(=O)N1CCN(c2ccccc2)CC1)NCc1ccc(Cl)cc1. The predicted molar refractivity (Wildman–Crippen MR) is 107 cm³/mol. The van der Waals surface area contributed by atoms with Crippen LogP contribution in [0.15, 0.2) is 54.6 Å². The Morgan fingerprint density at radius 3 is 2.22 bits per heavy atom. The molecule has 0 aliphatic carbocycles. The number of para-hydroxylation sites is 1. The van der Waals surface area contributed by atoms with Crippen LogP contribution in [-0.4, -0.2) is 49.6 Å². The molecule has 0 spiro atoms. The first-order valence-electron chi connectivity index (χ1n) is 8.96. The summed E-state index contributed by atoms with van der Waals surface area (Å²) in [5, 5.41) is 6.13. The standard InChI is InChI=1S/C20H23ClN4O2/c21-17-8-6-16(7-9-17)14-22-19(26)15-23-20(27)25-12-10-24(11-13-25)18-4-2-1-3-5-18/h1-9H,10-15H2,(H,22,26)(H,23,27). The molecular weight excluding hydrogens is 364 g/mol. The van der Waals surface area contributed by atoms with E-state index in [0.29, 0.717) is 24.7 Å². The summed E-state index contributed by atoms with van der Waals surface area (Å²) in [6.07, 6.45) is 0. The van der Waals surface area contributed by atoms with Crippen LogP contribution in [0, 0.1) is 0 Å². The number of benzene rings is 2. The van der Waals surface area contributed by atoms with E-state index in [1.54, 1.807) is 17.0 Å². The van der Waals surface area contributed by atoms with Gasteiger partial charge in [0.05, 0.1) is 6.54 Å². The largest absolute Gasteiger partial charge is 0.368 e. The summed E-state index contributed by atoms with van der Waals surface area (Å²) in [5.74, 6) is -0.221. The molecule has 3 rings (SSSR count). The second kappa shape index (κ2) is 9.28. The van der Waals surface area contributed by atoms with E-state index in [4.69, 9.17) is 11.6 Å². The lowest BCUT2D eigenvalue weighted by atomic mass is 10.2. The van der Waals surface area contributed by atoms with E-state index in [1.165, 1.54) is 5.69 Å². The van der Waals surface area contributed by atoms with Gasteiger partial charge in [0.25, 0.3) is 0 Å². The van der Waals surface area contributed by atoms with Crippen LogP contribution in [0.25, 0.3) is 0 Å². The lowest BCUT2D eigenvalue weighted by molar-refractivity contribution is -0.120. The molecule has 6 nitrogen and oxygen atoms in total. The number of hydrogen-bond donors (Lipinski definition) is 2. The number of urea groups is 1. The normalized spacial score (nSPS) is 14.0. The minimum absolute atomic E-state index is 0.0364. The van der Waals surface area contributed by atoms with Gasteiger partial charge in [-0.3, -0.25) is 4.79 Å². The first-order chi connectivity index (χ1) is 13.1. The van der Waals surface area contributed by atoms with Crippen molar-refractivity contribution in [2.45, 2.75) is 6.54 Å². The first-order valence-corrected chi connectivity index (χ1v) is 9.33. The summed E-state index contributed by atoms with van der Waals surface area (Å²) in [6, 6.07) is 17.2. The Labute approximate surface area is 164 Å². The van der Waals surface area contributed by atoms with E-state index in [0.717, 1.165) is 18.7 Å². The number of amides is 3. The molecule has 142 valence electrons. The predicted octanol–water partition coefficient (Wildman–Crippen LogP) is 2.49. The minimum Gasteiger partial charge on any atom is -0.368 e. The van der Waals surface area contributed by atoms with Crippen LogP contribution < -0.4 is 15.5 Å². The minimum atomic E-state index is -0.221. The van der Waals surface area contributed by atoms with E-state index in [-0.39, 0.29) is 18.5 Å². The van der Waals surface area contributed by atoms with Crippen LogP contribution in [0.1, 0.15) is 5.56 Å². The van der Waals surface area contributed by atoms with Crippen LogP contribution in [0.4, 0.5) is 10.5 Å². The van der Waals surface area contributed by atoms with Crippen LogP contribution in [0.3, 0.4) is 0 Å². The smallest absolute Gasteiger partial charge is 0.317 e. The zero-order valence-electron chi connectivity index (χ0n) is 15.0. The molecule has 1 heterocycles. The number of halogens is 1. The Bertz CT molecular complexity index is 759. The van der Waals surface area contributed by atoms with Gasteiger partial charge in [0, 0.05) is 43.4 Å². The first kappa shape index (κ1) is 19.0. The van der Waals surface area contributed by atoms with Crippen molar-refractivity contribution >= 4 is 29.2 Å². The summed E-state index contributed by atoms with van der Waals surface area (Å²) in [6.45, 7) is 3.19. The van der Waals surface area contributed by atoms with Gasteiger partial charge in [-0.05, 0) is 29.8 Å². The second-order valence-electron chi connectivity index (χ2n) is 6.37. The lowest BCUT2D eigenvalue weighted by Gasteiger charge is -2.36. The van der Waals surface area contributed by atoms with Crippen molar-refractivity contribution in [3.8, 4) is 0 Å². The topological polar surface area (TPSA) is 64.7 Å². The summed E-state index contributed by atoms with van der Waals surface area (Å²) < 4.78 is 0. The molecule has 1 aliphatic rings. The molecule has 0 bridgehead atoms. The van der Waals surface area contributed by atoms with Gasteiger partial charge in [0.1, 0.15) is 0 Å². The molecule has 0 radical (unpaired) electrons. The highest BCUT2D eigenvalue weighted by atomic mass is 35.5. The fourth-order valence-electron chi connectivity index (χ4n) is 2.94. The van der Waals surface area contributed by atoms with E-state index < -0.39 is 0 Å². The van der Waals surface area contributed by atoms with Crippen LogP contribution in [-0.2, 0) is 11.3 Å². The zero-order valence-corrected chi connectivity index (χ0v) is 15.8. The third-order valence-corrected chi connectivity index (χ3v) is 4.74. The summed E-state index contributed by atoms with van der Waals surface area (Å²) in [4.78, 5) is 28.2. The molecule has 2 aromatic rings. The maximum atomic E-state index is 12.3. The number of anilines is 1. The number of piperazine rings is 1. The maximum Gasteiger partial charge on any atom is 0.317 e. The lowest BCUT2D eigenvalue weighted by Crippen LogP contribution is -2.53. The fraction of sp³-hybridized carbons (Fsp3) is 0.300. The van der Waals surface area contributed by atoms with Gasteiger partial charge < -0.3 is 20.4 Å². The highest BCUT2D eigenvalue weighted by molar-refractivity contribution is 6.30. The van der Waals surface area contributed by atoms with Crippen LogP contribution >= 0.6 is 11.6 Å². The maximum absolute atomic E-state index is 12.3. The summed E-state index contributed by atoms with van der Waals surface area (Å²) in [7, 11) is 0. The van der Waals surface area contributed by atoms with Gasteiger partial charge >= 0.3 is 6.03 Å². The summed E-state index contributed by atoms with van der Waals surface area (Å²) in [5.41, 5.74) is 2.12. The Morgan fingerprint density at radius 1 is 0.889 bits per heavy atom. The number of carbonyl (C=O) groups is 2. The molecule has 0 aromatic heterocycles. The molecule has 27 heavy (non-hydrogen) atoms. The molecular formula is C20H23ClN4O2. The molecule has 3 amide bonds. The van der Waals surface area contributed by atoms with Crippen molar-refractivity contribution < 1.29 is 9.59 Å². The van der Waals surface area contributed by atoms with E-state index in [2.05, 4.69) is 27.7 Å². The van der Waals surface area contributed by atoms with Crippen molar-refractivity contribution in [1.82, 2.24) is 15.5 Å². The van der Waals surface area contributed by atoms with Gasteiger partial charge in [-0.15, -0.1) is 0 Å². The number of rotatable bonds is 5. The number of nitrogens with one attached hydrogen (secondary N) is 2. The average Bonchev–Trinajstić information content (AvgIpc) is 2.72. The van der Waals surface area contributed by atoms with E-state index in [1.807, 2.05) is 30.3 Å².